The van der Waals surface area contributed by atoms with E-state index in [0.29, 0.717) is 12.3 Å². The lowest BCUT2D eigenvalue weighted by molar-refractivity contribution is -0.139. The molecule has 1 heterocycles. The van der Waals surface area contributed by atoms with Crippen molar-refractivity contribution < 1.29 is 19.4 Å². The molecular weight excluding hydrogens is 346 g/mol. The van der Waals surface area contributed by atoms with Crippen LogP contribution in [-0.4, -0.2) is 42.1 Å². The van der Waals surface area contributed by atoms with Gasteiger partial charge >= 0.3 is 5.97 Å². The number of carboxylic acids is 1. The van der Waals surface area contributed by atoms with Crippen LogP contribution in [0.2, 0.25) is 0 Å². The van der Waals surface area contributed by atoms with Crippen LogP contribution in [0.25, 0.3) is 0 Å². The third kappa shape index (κ3) is 4.09. The smallest absolute Gasteiger partial charge is 0.341 e. The molecule has 0 unspecified atom stereocenters. The Kier molecular flexibility index (Phi) is 5.41. The second kappa shape index (κ2) is 8.09. The molecule has 1 aliphatic rings. The molecule has 1 aliphatic heterocycles. The van der Waals surface area contributed by atoms with Gasteiger partial charge in [-0.15, -0.1) is 11.7 Å². The fourth-order valence-electron chi connectivity index (χ4n) is 2.62. The lowest BCUT2D eigenvalue weighted by atomic mass is 10.1. The summed E-state index contributed by atoms with van der Waals surface area (Å²) < 4.78 is 5.07. The number of nitrogens with zero attached hydrogens (tertiary/aromatic N) is 3. The van der Waals surface area contributed by atoms with Crippen molar-refractivity contribution in [2.24, 2.45) is 10.2 Å². The average molecular weight is 363 g/mol. The first kappa shape index (κ1) is 18.1. The van der Waals surface area contributed by atoms with Gasteiger partial charge in [0.15, 0.2) is 12.3 Å². The molecule has 0 fully saturated rings. The van der Waals surface area contributed by atoms with Crippen LogP contribution in [0.1, 0.15) is 11.1 Å². The van der Waals surface area contributed by atoms with Crippen molar-refractivity contribution in [2.75, 3.05) is 18.1 Å². The van der Waals surface area contributed by atoms with E-state index in [0.717, 1.165) is 16.8 Å². The van der Waals surface area contributed by atoms with Crippen LogP contribution in [0.5, 0.6) is 5.75 Å². The zero-order chi connectivity index (χ0) is 19.2. The number of amides is 1. The Bertz CT molecular complexity index is 932. The first-order valence-corrected chi connectivity index (χ1v) is 8.18. The van der Waals surface area contributed by atoms with Gasteiger partial charge in [0.05, 0.1) is 11.9 Å². The number of rotatable bonds is 7. The summed E-state index contributed by atoms with van der Waals surface area (Å²) in [6.07, 6.45) is 3.18. The normalized spacial score (nSPS) is 14.6. The highest BCUT2D eigenvalue weighted by molar-refractivity contribution is 6.54. The van der Waals surface area contributed by atoms with Gasteiger partial charge < -0.3 is 14.7 Å². The van der Waals surface area contributed by atoms with Crippen molar-refractivity contribution in [1.29, 1.82) is 0 Å². The lowest BCUT2D eigenvalue weighted by Gasteiger charge is -2.13. The molecule has 136 valence electrons. The summed E-state index contributed by atoms with van der Waals surface area (Å²) in [7, 11) is 0. The van der Waals surface area contributed by atoms with Crippen molar-refractivity contribution >= 4 is 29.5 Å². The number of ether oxygens (including phenoxy) is 1. The quantitative estimate of drug-likeness (QED) is 0.465. The number of benzene rings is 2. The monoisotopic (exact) mass is 363 g/mol. The van der Waals surface area contributed by atoms with Crippen LogP contribution in [0.3, 0.4) is 0 Å². The van der Waals surface area contributed by atoms with E-state index in [4.69, 9.17) is 9.84 Å². The standard InChI is InChI=1S/C20H17N3O4/c1-2-11-23-17-6-4-3-5-16(17)19(20(23)26)22-21-12-14-7-9-15(10-8-14)27-13-18(24)25/h2-10,12H,1,11,13H2,(H,24,25)/b21-12+,22-19+. The van der Waals surface area contributed by atoms with E-state index in [1.165, 1.54) is 6.21 Å². The molecule has 2 aromatic carbocycles. The van der Waals surface area contributed by atoms with Gasteiger partial charge in [0.1, 0.15) is 5.75 Å². The van der Waals surface area contributed by atoms with Crippen LogP contribution in [0, 0.1) is 0 Å². The molecule has 0 bridgehead atoms. The van der Waals surface area contributed by atoms with Crippen LogP contribution in [-0.2, 0) is 9.59 Å². The van der Waals surface area contributed by atoms with Crippen LogP contribution in [0.4, 0.5) is 5.69 Å². The van der Waals surface area contributed by atoms with Gasteiger partial charge in [-0.1, -0.05) is 24.3 Å². The van der Waals surface area contributed by atoms with Crippen molar-refractivity contribution in [3.05, 3.63) is 72.3 Å². The molecule has 27 heavy (non-hydrogen) atoms. The van der Waals surface area contributed by atoms with E-state index >= 15 is 0 Å². The fraction of sp³-hybridized carbons (Fsp3) is 0.100. The average Bonchev–Trinajstić information content (AvgIpc) is 2.93. The van der Waals surface area contributed by atoms with Gasteiger partial charge in [0, 0.05) is 12.1 Å². The van der Waals surface area contributed by atoms with Gasteiger partial charge in [-0.2, -0.15) is 5.10 Å². The topological polar surface area (TPSA) is 91.6 Å². The van der Waals surface area contributed by atoms with E-state index in [9.17, 15) is 9.59 Å². The number of carboxylic acid groups (broad SMARTS) is 1. The number of carbonyl (C=O) groups excluding carboxylic acids is 1. The van der Waals surface area contributed by atoms with Crippen molar-refractivity contribution in [1.82, 2.24) is 0 Å². The van der Waals surface area contributed by atoms with Crippen molar-refractivity contribution in [2.45, 2.75) is 0 Å². The number of hydrogen-bond donors (Lipinski definition) is 1. The van der Waals surface area contributed by atoms with Crippen molar-refractivity contribution in [3.8, 4) is 5.75 Å². The number of fused-ring (bicyclic) bond motifs is 1. The summed E-state index contributed by atoms with van der Waals surface area (Å²) in [5, 5.41) is 16.7. The molecule has 1 N–H and O–H groups in total. The Morgan fingerprint density at radius 1 is 1.19 bits per heavy atom. The number of para-hydroxylation sites is 1. The van der Waals surface area contributed by atoms with Gasteiger partial charge in [0.25, 0.3) is 5.91 Å². The van der Waals surface area contributed by atoms with Crippen LogP contribution >= 0.6 is 0 Å². The second-order valence-corrected chi connectivity index (χ2v) is 5.67. The number of carbonyl (C=O) groups is 2. The molecular formula is C20H17N3O4. The van der Waals surface area contributed by atoms with Crippen LogP contribution in [0.15, 0.2) is 71.4 Å². The predicted molar refractivity (Wildman–Crippen MR) is 103 cm³/mol. The summed E-state index contributed by atoms with van der Waals surface area (Å²) in [6, 6.07) is 14.1. The molecule has 0 radical (unpaired) electrons. The van der Waals surface area contributed by atoms with Gasteiger partial charge in [-0.05, 0) is 35.9 Å². The SMILES string of the molecule is C=CCN1C(=O)/C(=N/N=C/c2ccc(OCC(=O)O)cc2)c2ccccc21. The lowest BCUT2D eigenvalue weighted by Crippen LogP contribution is -2.30. The second-order valence-electron chi connectivity index (χ2n) is 5.67. The molecule has 0 aromatic heterocycles. The van der Waals surface area contributed by atoms with E-state index in [1.54, 1.807) is 35.2 Å². The minimum absolute atomic E-state index is 0.217. The Balaban J connectivity index is 1.76. The summed E-state index contributed by atoms with van der Waals surface area (Å²) in [4.78, 5) is 24.7. The Labute approximate surface area is 155 Å². The first-order valence-electron chi connectivity index (χ1n) is 8.18. The number of hydrogen-bond acceptors (Lipinski definition) is 5. The molecule has 0 saturated heterocycles. The molecule has 3 rings (SSSR count). The van der Waals surface area contributed by atoms with Gasteiger partial charge in [0.2, 0.25) is 0 Å². The molecule has 0 atom stereocenters. The minimum atomic E-state index is -1.04. The van der Waals surface area contributed by atoms with E-state index < -0.39 is 12.6 Å². The highest BCUT2D eigenvalue weighted by Crippen LogP contribution is 2.29. The summed E-state index contributed by atoms with van der Waals surface area (Å²) >= 11 is 0. The third-order valence-corrected chi connectivity index (χ3v) is 3.82. The Morgan fingerprint density at radius 2 is 1.93 bits per heavy atom. The number of anilines is 1. The molecule has 1 amide bonds. The van der Waals surface area contributed by atoms with Crippen molar-refractivity contribution in [3.63, 3.8) is 0 Å². The van der Waals surface area contributed by atoms with E-state index in [1.807, 2.05) is 24.3 Å². The molecule has 7 heteroatoms. The summed E-state index contributed by atoms with van der Waals surface area (Å²) in [5.41, 5.74) is 2.55. The maximum absolute atomic E-state index is 12.6. The van der Waals surface area contributed by atoms with E-state index in [-0.39, 0.29) is 11.6 Å². The molecule has 7 nitrogen and oxygen atoms in total. The zero-order valence-corrected chi connectivity index (χ0v) is 14.4. The predicted octanol–water partition coefficient (Wildman–Crippen LogP) is 2.51. The Morgan fingerprint density at radius 3 is 2.63 bits per heavy atom. The highest BCUT2D eigenvalue weighted by atomic mass is 16.5. The highest BCUT2D eigenvalue weighted by Gasteiger charge is 2.32. The Hall–Kier alpha value is -3.74. The zero-order valence-electron chi connectivity index (χ0n) is 14.4. The third-order valence-electron chi connectivity index (χ3n) is 3.82. The largest absolute Gasteiger partial charge is 0.482 e. The van der Waals surface area contributed by atoms with Crippen LogP contribution < -0.4 is 9.64 Å². The van der Waals surface area contributed by atoms with Gasteiger partial charge in [-0.3, -0.25) is 4.79 Å². The van der Waals surface area contributed by atoms with Gasteiger partial charge in [-0.25, -0.2) is 4.79 Å². The molecule has 2 aromatic rings. The van der Waals surface area contributed by atoms with E-state index in [2.05, 4.69) is 16.8 Å². The molecule has 0 aliphatic carbocycles. The number of aliphatic carboxylic acids is 1. The first-order chi connectivity index (χ1) is 13.1. The fourth-order valence-corrected chi connectivity index (χ4v) is 2.62. The molecule has 0 saturated carbocycles. The molecule has 0 spiro atoms. The maximum Gasteiger partial charge on any atom is 0.341 e. The summed E-state index contributed by atoms with van der Waals surface area (Å²) in [5.74, 6) is -0.810. The summed E-state index contributed by atoms with van der Waals surface area (Å²) in [6.45, 7) is 3.68. The minimum Gasteiger partial charge on any atom is -0.482 e. The maximum atomic E-state index is 12.6.